The molecule has 1 saturated heterocycles. The number of amides is 1. The van der Waals surface area contributed by atoms with Crippen molar-refractivity contribution < 1.29 is 49.3 Å². The summed E-state index contributed by atoms with van der Waals surface area (Å²) in [5.41, 5.74) is 0. The second-order valence-corrected chi connectivity index (χ2v) is 18.2. The molecule has 0 radical (unpaired) electrons. The van der Waals surface area contributed by atoms with E-state index in [2.05, 4.69) is 43.5 Å². The number of unbranched alkanes of at least 4 members (excludes halogenated alkanes) is 26. The Hall–Kier alpha value is -2.12. The van der Waals surface area contributed by atoms with Gasteiger partial charge in [0.15, 0.2) is 6.29 Å². The van der Waals surface area contributed by atoms with Crippen molar-refractivity contribution in [3.05, 3.63) is 36.5 Å². The van der Waals surface area contributed by atoms with Crippen molar-refractivity contribution in [3.8, 4) is 0 Å². The molecule has 0 spiro atoms. The first-order chi connectivity index (χ1) is 31.2. The average molecular weight is 908 g/mol. The number of allylic oxidation sites excluding steroid dienone is 5. The molecule has 0 aliphatic carbocycles. The molecule has 0 bridgehead atoms. The molecule has 0 aromatic carbocycles. The van der Waals surface area contributed by atoms with Gasteiger partial charge in [-0.2, -0.15) is 0 Å². The molecule has 11 heteroatoms. The van der Waals surface area contributed by atoms with Gasteiger partial charge in [-0.3, -0.25) is 9.59 Å². The summed E-state index contributed by atoms with van der Waals surface area (Å²) in [5, 5.41) is 54.1. The van der Waals surface area contributed by atoms with Gasteiger partial charge in [-0.25, -0.2) is 0 Å². The third kappa shape index (κ3) is 33.4. The van der Waals surface area contributed by atoms with Crippen molar-refractivity contribution in [3.63, 3.8) is 0 Å². The van der Waals surface area contributed by atoms with Crippen LogP contribution in [0, 0.1) is 0 Å². The van der Waals surface area contributed by atoms with Crippen LogP contribution in [0.5, 0.6) is 0 Å². The van der Waals surface area contributed by atoms with E-state index in [4.69, 9.17) is 14.2 Å². The number of aliphatic hydroxyl groups excluding tert-OH is 5. The molecule has 0 saturated carbocycles. The Balaban J connectivity index is 2.11. The third-order valence-corrected chi connectivity index (χ3v) is 12.2. The number of hydrogen-bond acceptors (Lipinski definition) is 10. The van der Waals surface area contributed by atoms with Crippen molar-refractivity contribution in [2.45, 2.75) is 269 Å². The first-order valence-electron chi connectivity index (χ1n) is 26.3. The van der Waals surface area contributed by atoms with E-state index < -0.39 is 49.5 Å². The second kappa shape index (κ2) is 43.5. The maximum atomic E-state index is 13.0. The number of aliphatic hydroxyl groups is 5. The molecule has 374 valence electrons. The summed E-state index contributed by atoms with van der Waals surface area (Å²) in [6.45, 7) is 4.19. The number of hydrogen-bond donors (Lipinski definition) is 6. The maximum absolute atomic E-state index is 13.0. The minimum Gasteiger partial charge on any atom is -0.466 e. The van der Waals surface area contributed by atoms with E-state index in [1.807, 2.05) is 6.08 Å². The summed E-state index contributed by atoms with van der Waals surface area (Å²) in [5.74, 6) is -0.235. The summed E-state index contributed by atoms with van der Waals surface area (Å²) in [6, 6.07) is -0.817. The van der Waals surface area contributed by atoms with E-state index in [0.717, 1.165) is 83.5 Å². The van der Waals surface area contributed by atoms with Crippen LogP contribution in [-0.4, -0.2) is 100 Å². The number of esters is 1. The van der Waals surface area contributed by atoms with Gasteiger partial charge in [0.25, 0.3) is 0 Å². The zero-order valence-electron chi connectivity index (χ0n) is 40.7. The minimum atomic E-state index is -1.57. The Morgan fingerprint density at radius 3 is 1.64 bits per heavy atom. The lowest BCUT2D eigenvalue weighted by molar-refractivity contribution is -0.302. The second-order valence-electron chi connectivity index (χ2n) is 18.2. The van der Waals surface area contributed by atoms with Crippen molar-refractivity contribution in [1.29, 1.82) is 0 Å². The zero-order chi connectivity index (χ0) is 46.7. The SMILES string of the molecule is CCC/C=C\C/C=C\CCCCCCCC(=O)OCCCCCCCCCCCCCCCCC(=O)NC(COC1OC(CO)C(O)C(O)C1O)C(O)/C=C/CCCCCCCCC. The zero-order valence-corrected chi connectivity index (χ0v) is 40.7. The highest BCUT2D eigenvalue weighted by Gasteiger charge is 2.44. The lowest BCUT2D eigenvalue weighted by Gasteiger charge is -2.40. The Labute approximate surface area is 390 Å². The molecule has 1 amide bonds. The van der Waals surface area contributed by atoms with Gasteiger partial charge in [-0.1, -0.05) is 192 Å². The number of carbonyl (C=O) groups is 2. The molecule has 64 heavy (non-hydrogen) atoms. The van der Waals surface area contributed by atoms with Gasteiger partial charge in [0, 0.05) is 12.8 Å². The molecule has 1 heterocycles. The lowest BCUT2D eigenvalue weighted by atomic mass is 9.99. The molecular weight excluding hydrogens is 811 g/mol. The van der Waals surface area contributed by atoms with Crippen LogP contribution >= 0.6 is 0 Å². The number of ether oxygens (including phenoxy) is 3. The summed E-state index contributed by atoms with van der Waals surface area (Å²) >= 11 is 0. The number of rotatable bonds is 44. The molecule has 1 aliphatic heterocycles. The Morgan fingerprint density at radius 1 is 0.578 bits per heavy atom. The highest BCUT2D eigenvalue weighted by atomic mass is 16.7. The predicted molar refractivity (Wildman–Crippen MR) is 260 cm³/mol. The van der Waals surface area contributed by atoms with E-state index in [1.165, 1.54) is 116 Å². The van der Waals surface area contributed by atoms with Gasteiger partial charge in [0.05, 0.1) is 32.0 Å². The van der Waals surface area contributed by atoms with Crippen LogP contribution in [0.1, 0.15) is 226 Å². The Kier molecular flexibility index (Phi) is 40.7. The molecular formula is C53H97NO10. The number of nitrogens with one attached hydrogen (secondary N) is 1. The van der Waals surface area contributed by atoms with Crippen LogP contribution in [0.15, 0.2) is 36.5 Å². The highest BCUT2D eigenvalue weighted by Crippen LogP contribution is 2.23. The normalized spacial score (nSPS) is 20.1. The summed E-state index contributed by atoms with van der Waals surface area (Å²) in [4.78, 5) is 25.0. The summed E-state index contributed by atoms with van der Waals surface area (Å²) in [6.07, 6.45) is 40.8. The quantitative estimate of drug-likeness (QED) is 0.0196. The Bertz CT molecular complexity index is 1160. The van der Waals surface area contributed by atoms with Gasteiger partial charge in [-0.05, 0) is 57.8 Å². The van der Waals surface area contributed by atoms with Crippen molar-refractivity contribution in [2.75, 3.05) is 19.8 Å². The molecule has 11 nitrogen and oxygen atoms in total. The van der Waals surface area contributed by atoms with Crippen LogP contribution in [-0.2, 0) is 23.8 Å². The maximum Gasteiger partial charge on any atom is 0.305 e. The lowest BCUT2D eigenvalue weighted by Crippen LogP contribution is -2.60. The van der Waals surface area contributed by atoms with Gasteiger partial charge < -0.3 is 45.1 Å². The average Bonchev–Trinajstić information content (AvgIpc) is 3.29. The topological polar surface area (TPSA) is 175 Å². The first-order valence-corrected chi connectivity index (χ1v) is 26.3. The fraction of sp³-hybridized carbons (Fsp3) is 0.849. The summed E-state index contributed by atoms with van der Waals surface area (Å²) < 4.78 is 16.6. The van der Waals surface area contributed by atoms with Crippen LogP contribution in [0.25, 0.3) is 0 Å². The van der Waals surface area contributed by atoms with Crippen LogP contribution in [0.3, 0.4) is 0 Å². The smallest absolute Gasteiger partial charge is 0.305 e. The largest absolute Gasteiger partial charge is 0.466 e. The van der Waals surface area contributed by atoms with E-state index in [1.54, 1.807) is 6.08 Å². The van der Waals surface area contributed by atoms with Crippen LogP contribution in [0.2, 0.25) is 0 Å². The minimum absolute atomic E-state index is 0.0390. The van der Waals surface area contributed by atoms with Gasteiger partial charge in [0.2, 0.25) is 5.91 Å². The molecule has 7 unspecified atom stereocenters. The molecule has 0 aromatic heterocycles. The van der Waals surface area contributed by atoms with Gasteiger partial charge >= 0.3 is 5.97 Å². The molecule has 1 fully saturated rings. The third-order valence-electron chi connectivity index (χ3n) is 12.2. The monoisotopic (exact) mass is 908 g/mol. The highest BCUT2D eigenvalue weighted by molar-refractivity contribution is 5.76. The van der Waals surface area contributed by atoms with Crippen molar-refractivity contribution in [2.24, 2.45) is 0 Å². The fourth-order valence-electron chi connectivity index (χ4n) is 8.00. The molecule has 1 aliphatic rings. The molecule has 0 aromatic rings. The number of carbonyl (C=O) groups excluding carboxylic acids is 2. The van der Waals surface area contributed by atoms with Gasteiger partial charge in [-0.15, -0.1) is 0 Å². The first kappa shape index (κ1) is 59.9. The molecule has 7 atom stereocenters. The standard InChI is InChI=1S/C53H97NO10/c1-3-5-7-9-11-13-14-17-21-25-29-33-37-41-49(58)62-42-38-34-30-26-22-19-16-15-18-20-24-28-32-36-40-48(57)54-45(46(56)39-35-31-27-23-12-10-8-6-4-2)44-63-53-52(61)51(60)50(59)47(43-55)64-53/h7,9,13-14,35,39,45-47,50-53,55-56,59-61H,3-6,8,10-12,15-34,36-38,40-44H2,1-2H3,(H,54,57)/b9-7-,14-13-,39-35+. The Morgan fingerprint density at radius 2 is 1.08 bits per heavy atom. The van der Waals surface area contributed by atoms with Crippen molar-refractivity contribution >= 4 is 11.9 Å². The van der Waals surface area contributed by atoms with Crippen LogP contribution in [0.4, 0.5) is 0 Å². The van der Waals surface area contributed by atoms with E-state index >= 15 is 0 Å². The molecule has 1 rings (SSSR count). The summed E-state index contributed by atoms with van der Waals surface area (Å²) in [7, 11) is 0. The predicted octanol–water partition coefficient (Wildman–Crippen LogP) is 10.8. The molecule has 6 N–H and O–H groups in total. The fourth-order valence-corrected chi connectivity index (χ4v) is 8.00. The van der Waals surface area contributed by atoms with Gasteiger partial charge in [0.1, 0.15) is 24.4 Å². The van der Waals surface area contributed by atoms with E-state index in [-0.39, 0.29) is 18.5 Å². The van der Waals surface area contributed by atoms with Crippen LogP contribution < -0.4 is 5.32 Å². The van der Waals surface area contributed by atoms with E-state index in [9.17, 15) is 35.1 Å². The van der Waals surface area contributed by atoms with E-state index in [0.29, 0.717) is 19.4 Å². The van der Waals surface area contributed by atoms with Crippen molar-refractivity contribution in [1.82, 2.24) is 5.32 Å².